The lowest BCUT2D eigenvalue weighted by molar-refractivity contribution is -0.121. The van der Waals surface area contributed by atoms with Gasteiger partial charge in [-0.3, -0.25) is 9.78 Å². The highest BCUT2D eigenvalue weighted by Crippen LogP contribution is 2.27. The van der Waals surface area contributed by atoms with E-state index in [9.17, 15) is 4.79 Å². The summed E-state index contributed by atoms with van der Waals surface area (Å²) in [5.74, 6) is 0.755. The van der Waals surface area contributed by atoms with Crippen LogP contribution in [-0.4, -0.2) is 22.4 Å². The molecule has 2 heterocycles. The molecule has 0 spiro atoms. The second-order valence-corrected chi connectivity index (χ2v) is 7.80. The Morgan fingerprint density at radius 3 is 2.56 bits per heavy atom. The van der Waals surface area contributed by atoms with Crippen molar-refractivity contribution in [1.29, 1.82) is 0 Å². The number of nitrogens with zero attached hydrogens (tertiary/aromatic N) is 2. The van der Waals surface area contributed by atoms with Gasteiger partial charge in [0.1, 0.15) is 5.01 Å². The fourth-order valence-corrected chi connectivity index (χ4v) is 3.95. The van der Waals surface area contributed by atoms with Gasteiger partial charge in [0.05, 0.1) is 5.69 Å². The summed E-state index contributed by atoms with van der Waals surface area (Å²) in [5.41, 5.74) is 3.31. The molecule has 1 amide bonds. The number of carbonyl (C=O) groups is 1. The van der Waals surface area contributed by atoms with Crippen LogP contribution in [0.1, 0.15) is 37.4 Å². The Morgan fingerprint density at radius 2 is 1.85 bits per heavy atom. The SMILES string of the molecule is CC(C)C(CC(=O)NCCc1csc(-c2ccncc2)n1)c1ccccc1. The minimum atomic E-state index is 0.0992. The molecule has 1 N–H and O–H groups in total. The third kappa shape index (κ3) is 5.47. The predicted molar refractivity (Wildman–Crippen MR) is 111 cm³/mol. The summed E-state index contributed by atoms with van der Waals surface area (Å²) in [6.07, 6.45) is 4.80. The second kappa shape index (κ2) is 9.42. The van der Waals surface area contributed by atoms with Crippen LogP contribution in [0.4, 0.5) is 0 Å². The highest BCUT2D eigenvalue weighted by molar-refractivity contribution is 7.13. The lowest BCUT2D eigenvalue weighted by Gasteiger charge is -2.21. The van der Waals surface area contributed by atoms with Gasteiger partial charge in [0.25, 0.3) is 0 Å². The molecule has 0 aliphatic carbocycles. The molecule has 0 bridgehead atoms. The highest BCUT2D eigenvalue weighted by atomic mass is 32.1. The van der Waals surface area contributed by atoms with Crippen molar-refractivity contribution in [3.05, 3.63) is 71.5 Å². The number of pyridine rings is 1. The van der Waals surface area contributed by atoms with E-state index in [0.717, 1.165) is 22.7 Å². The standard InChI is InChI=1S/C22H25N3OS/c1-16(2)20(17-6-4-3-5-7-17)14-21(26)24-13-10-19-15-27-22(25-19)18-8-11-23-12-9-18/h3-9,11-12,15-16,20H,10,13-14H2,1-2H3,(H,24,26). The molecule has 1 atom stereocenters. The van der Waals surface area contributed by atoms with Crippen LogP contribution in [0.15, 0.2) is 60.2 Å². The average Bonchev–Trinajstić information content (AvgIpc) is 3.16. The Hall–Kier alpha value is -2.53. The van der Waals surface area contributed by atoms with Gasteiger partial charge in [-0.15, -0.1) is 11.3 Å². The molecule has 0 saturated carbocycles. The minimum absolute atomic E-state index is 0.0992. The lowest BCUT2D eigenvalue weighted by atomic mass is 9.85. The molecule has 0 saturated heterocycles. The Bertz CT molecular complexity index is 846. The van der Waals surface area contributed by atoms with E-state index in [4.69, 9.17) is 0 Å². The molecule has 3 aromatic rings. The number of rotatable bonds is 8. The van der Waals surface area contributed by atoms with Crippen molar-refractivity contribution in [3.63, 3.8) is 0 Å². The number of carbonyl (C=O) groups excluding carboxylic acids is 1. The maximum Gasteiger partial charge on any atom is 0.220 e. The van der Waals surface area contributed by atoms with Gasteiger partial charge in [0.2, 0.25) is 5.91 Å². The number of hydrogen-bond donors (Lipinski definition) is 1. The molecule has 3 rings (SSSR count). The third-order valence-electron chi connectivity index (χ3n) is 4.62. The fraction of sp³-hybridized carbons (Fsp3) is 0.318. The van der Waals surface area contributed by atoms with Crippen molar-refractivity contribution in [2.75, 3.05) is 6.54 Å². The first-order valence-corrected chi connectivity index (χ1v) is 10.2. The summed E-state index contributed by atoms with van der Waals surface area (Å²) in [4.78, 5) is 21.1. The molecule has 2 aromatic heterocycles. The van der Waals surface area contributed by atoms with Crippen LogP contribution >= 0.6 is 11.3 Å². The van der Waals surface area contributed by atoms with E-state index in [1.807, 2.05) is 30.3 Å². The summed E-state index contributed by atoms with van der Waals surface area (Å²) >= 11 is 1.62. The van der Waals surface area contributed by atoms with Crippen LogP contribution in [-0.2, 0) is 11.2 Å². The lowest BCUT2D eigenvalue weighted by Crippen LogP contribution is -2.28. The van der Waals surface area contributed by atoms with Crippen LogP contribution in [0.25, 0.3) is 10.6 Å². The van der Waals surface area contributed by atoms with E-state index >= 15 is 0 Å². The number of benzene rings is 1. The zero-order chi connectivity index (χ0) is 19.1. The van der Waals surface area contributed by atoms with Crippen LogP contribution in [0.2, 0.25) is 0 Å². The van der Waals surface area contributed by atoms with Gasteiger partial charge < -0.3 is 5.32 Å². The monoisotopic (exact) mass is 379 g/mol. The molecule has 5 heteroatoms. The van der Waals surface area contributed by atoms with Crippen LogP contribution in [0.3, 0.4) is 0 Å². The molecule has 27 heavy (non-hydrogen) atoms. The number of aromatic nitrogens is 2. The quantitative estimate of drug-likeness (QED) is 0.617. The Labute approximate surface area is 164 Å². The van der Waals surface area contributed by atoms with Gasteiger partial charge in [-0.2, -0.15) is 0 Å². The number of thiazole rings is 1. The number of nitrogens with one attached hydrogen (secondary N) is 1. The Morgan fingerprint density at radius 1 is 1.11 bits per heavy atom. The summed E-state index contributed by atoms with van der Waals surface area (Å²) < 4.78 is 0. The van der Waals surface area contributed by atoms with Crippen LogP contribution in [0.5, 0.6) is 0 Å². The molecular weight excluding hydrogens is 354 g/mol. The van der Waals surface area contributed by atoms with E-state index < -0.39 is 0 Å². The van der Waals surface area contributed by atoms with Crippen LogP contribution in [0, 0.1) is 5.92 Å². The zero-order valence-corrected chi connectivity index (χ0v) is 16.6. The third-order valence-corrected chi connectivity index (χ3v) is 5.56. The Balaban J connectivity index is 1.50. The van der Waals surface area contributed by atoms with Crippen molar-refractivity contribution < 1.29 is 4.79 Å². The molecule has 0 fully saturated rings. The van der Waals surface area contributed by atoms with E-state index in [2.05, 4.69) is 46.6 Å². The molecule has 1 aromatic carbocycles. The van der Waals surface area contributed by atoms with Gasteiger partial charge in [0, 0.05) is 42.7 Å². The van der Waals surface area contributed by atoms with Gasteiger partial charge in [0.15, 0.2) is 0 Å². The number of amides is 1. The summed E-state index contributed by atoms with van der Waals surface area (Å²) in [5, 5.41) is 6.10. The molecule has 0 radical (unpaired) electrons. The van der Waals surface area contributed by atoms with Gasteiger partial charge in [-0.05, 0) is 29.5 Å². The van der Waals surface area contributed by atoms with Gasteiger partial charge in [-0.25, -0.2) is 4.98 Å². The Kier molecular flexibility index (Phi) is 6.71. The van der Waals surface area contributed by atoms with Crippen molar-refractivity contribution >= 4 is 17.2 Å². The fourth-order valence-electron chi connectivity index (χ4n) is 3.09. The van der Waals surface area contributed by atoms with E-state index in [1.54, 1.807) is 23.7 Å². The molecule has 0 aliphatic heterocycles. The first kappa shape index (κ1) is 19.2. The molecule has 1 unspecified atom stereocenters. The van der Waals surface area contributed by atoms with Crippen molar-refractivity contribution in [2.24, 2.45) is 5.92 Å². The summed E-state index contributed by atoms with van der Waals surface area (Å²) in [6, 6.07) is 14.2. The van der Waals surface area contributed by atoms with Gasteiger partial charge in [-0.1, -0.05) is 44.2 Å². The topological polar surface area (TPSA) is 54.9 Å². The van der Waals surface area contributed by atoms with Crippen molar-refractivity contribution in [1.82, 2.24) is 15.3 Å². The zero-order valence-electron chi connectivity index (χ0n) is 15.8. The smallest absolute Gasteiger partial charge is 0.220 e. The molecule has 0 aliphatic rings. The molecule has 140 valence electrons. The minimum Gasteiger partial charge on any atom is -0.356 e. The molecular formula is C22H25N3OS. The van der Waals surface area contributed by atoms with Crippen molar-refractivity contribution in [2.45, 2.75) is 32.6 Å². The highest BCUT2D eigenvalue weighted by Gasteiger charge is 2.19. The van der Waals surface area contributed by atoms with E-state index in [1.165, 1.54) is 5.56 Å². The van der Waals surface area contributed by atoms with Crippen molar-refractivity contribution in [3.8, 4) is 10.6 Å². The van der Waals surface area contributed by atoms with E-state index in [0.29, 0.717) is 18.9 Å². The van der Waals surface area contributed by atoms with Gasteiger partial charge >= 0.3 is 0 Å². The van der Waals surface area contributed by atoms with Crippen LogP contribution < -0.4 is 5.32 Å². The largest absolute Gasteiger partial charge is 0.356 e. The van der Waals surface area contributed by atoms with E-state index in [-0.39, 0.29) is 11.8 Å². The maximum atomic E-state index is 12.4. The summed E-state index contributed by atoms with van der Waals surface area (Å²) in [6.45, 7) is 4.94. The summed E-state index contributed by atoms with van der Waals surface area (Å²) in [7, 11) is 0. The maximum absolute atomic E-state index is 12.4. The average molecular weight is 380 g/mol. The first-order chi connectivity index (χ1) is 13.1. The number of hydrogen-bond acceptors (Lipinski definition) is 4. The molecule has 4 nitrogen and oxygen atoms in total. The first-order valence-electron chi connectivity index (χ1n) is 9.30. The second-order valence-electron chi connectivity index (χ2n) is 6.95. The predicted octanol–water partition coefficient (Wildman–Crippen LogP) is 4.69. The normalized spacial score (nSPS) is 12.1.